The van der Waals surface area contributed by atoms with Gasteiger partial charge in [0.25, 0.3) is 0 Å². The number of nitrogens with zero attached hydrogens (tertiary/aromatic N) is 2. The number of fused-ring (bicyclic) bond motifs is 1. The predicted octanol–water partition coefficient (Wildman–Crippen LogP) is 2.48. The summed E-state index contributed by atoms with van der Waals surface area (Å²) in [7, 11) is 6.31. The number of rotatable bonds is 3. The maximum absolute atomic E-state index is 6.11. The van der Waals surface area contributed by atoms with Crippen molar-refractivity contribution < 1.29 is 4.74 Å². The van der Waals surface area contributed by atoms with Crippen LogP contribution in [-0.2, 0) is 6.54 Å². The third-order valence-corrected chi connectivity index (χ3v) is 3.41. The highest BCUT2D eigenvalue weighted by Gasteiger charge is 2.20. The average Bonchev–Trinajstić information content (AvgIpc) is 2.43. The fourth-order valence-corrected chi connectivity index (χ4v) is 2.45. The molecule has 0 fully saturated rings. The molecular formula is C14H21ClN2O. The summed E-state index contributed by atoms with van der Waals surface area (Å²) in [5, 5.41) is 0.775. The number of halogens is 1. The van der Waals surface area contributed by atoms with Crippen LogP contribution in [-0.4, -0.2) is 50.1 Å². The van der Waals surface area contributed by atoms with Crippen molar-refractivity contribution in [2.24, 2.45) is 0 Å². The minimum Gasteiger partial charge on any atom is -0.489 e. The topological polar surface area (TPSA) is 15.7 Å². The summed E-state index contributed by atoms with van der Waals surface area (Å²) in [5.41, 5.74) is 1.18. The molecule has 0 saturated heterocycles. The molecule has 0 amide bonds. The Morgan fingerprint density at radius 1 is 1.44 bits per heavy atom. The van der Waals surface area contributed by atoms with Crippen molar-refractivity contribution in [3.05, 3.63) is 28.8 Å². The van der Waals surface area contributed by atoms with Gasteiger partial charge in [-0.2, -0.15) is 0 Å². The van der Waals surface area contributed by atoms with Crippen LogP contribution in [0.4, 0.5) is 0 Å². The van der Waals surface area contributed by atoms with E-state index in [1.54, 1.807) is 0 Å². The summed E-state index contributed by atoms with van der Waals surface area (Å²) < 4.78 is 6.11. The van der Waals surface area contributed by atoms with Crippen LogP contribution in [0.25, 0.3) is 0 Å². The molecule has 1 heterocycles. The maximum atomic E-state index is 6.11. The van der Waals surface area contributed by atoms with Crippen molar-refractivity contribution in [2.45, 2.75) is 19.1 Å². The molecule has 1 atom stereocenters. The Bertz CT molecular complexity index is 409. The molecule has 1 aromatic carbocycles. The molecule has 0 bridgehead atoms. The summed E-state index contributed by atoms with van der Waals surface area (Å²) in [6.07, 6.45) is 1.29. The molecule has 1 unspecified atom stereocenters. The van der Waals surface area contributed by atoms with Crippen LogP contribution in [0.5, 0.6) is 5.75 Å². The van der Waals surface area contributed by atoms with Gasteiger partial charge >= 0.3 is 0 Å². The highest BCUT2D eigenvalue weighted by atomic mass is 35.5. The normalized spacial score (nSPS) is 20.4. The zero-order valence-electron chi connectivity index (χ0n) is 11.3. The molecule has 1 aromatic rings. The van der Waals surface area contributed by atoms with E-state index >= 15 is 0 Å². The average molecular weight is 269 g/mol. The molecule has 3 nitrogen and oxygen atoms in total. The largest absolute Gasteiger partial charge is 0.489 e. The molecule has 18 heavy (non-hydrogen) atoms. The van der Waals surface area contributed by atoms with E-state index < -0.39 is 0 Å². The van der Waals surface area contributed by atoms with Gasteiger partial charge in [-0.1, -0.05) is 11.6 Å². The van der Waals surface area contributed by atoms with Crippen molar-refractivity contribution >= 4 is 11.6 Å². The first-order chi connectivity index (χ1) is 8.54. The summed E-state index contributed by atoms with van der Waals surface area (Å²) in [6.45, 7) is 2.90. The van der Waals surface area contributed by atoms with Crippen LogP contribution < -0.4 is 4.74 Å². The number of hydrogen-bond donors (Lipinski definition) is 0. The Morgan fingerprint density at radius 3 is 2.94 bits per heavy atom. The third-order valence-electron chi connectivity index (χ3n) is 3.17. The van der Waals surface area contributed by atoms with E-state index in [4.69, 9.17) is 16.3 Å². The first kappa shape index (κ1) is 13.7. The lowest BCUT2D eigenvalue weighted by Gasteiger charge is -2.21. The Morgan fingerprint density at radius 2 is 2.22 bits per heavy atom. The van der Waals surface area contributed by atoms with Crippen molar-refractivity contribution in [3.8, 4) is 5.75 Å². The zero-order valence-corrected chi connectivity index (χ0v) is 12.1. The number of benzene rings is 1. The standard InChI is InChI=1S/C14H21ClN2O/c1-16(2)7-6-13-10-17(3)9-11-8-12(15)4-5-14(11)18-13/h4-5,8,13H,6-7,9-10H2,1-3H3. The molecule has 4 heteroatoms. The Balaban J connectivity index is 2.11. The Kier molecular flexibility index (Phi) is 4.49. The molecule has 0 aliphatic carbocycles. The van der Waals surface area contributed by atoms with E-state index in [1.807, 2.05) is 18.2 Å². The molecule has 100 valence electrons. The van der Waals surface area contributed by atoms with Crippen molar-refractivity contribution in [1.29, 1.82) is 0 Å². The van der Waals surface area contributed by atoms with E-state index in [0.29, 0.717) is 0 Å². The second-order valence-electron chi connectivity index (χ2n) is 5.28. The first-order valence-electron chi connectivity index (χ1n) is 6.33. The number of ether oxygens (including phenoxy) is 1. The fraction of sp³-hybridized carbons (Fsp3) is 0.571. The summed E-state index contributed by atoms with van der Waals surface area (Å²) >= 11 is 6.04. The zero-order chi connectivity index (χ0) is 13.1. The predicted molar refractivity (Wildman–Crippen MR) is 75.4 cm³/mol. The van der Waals surface area contributed by atoms with Crippen LogP contribution in [0.1, 0.15) is 12.0 Å². The molecular weight excluding hydrogens is 248 g/mol. The monoisotopic (exact) mass is 268 g/mol. The second-order valence-corrected chi connectivity index (χ2v) is 5.72. The third kappa shape index (κ3) is 3.61. The van der Waals surface area contributed by atoms with Crippen molar-refractivity contribution in [2.75, 3.05) is 34.2 Å². The van der Waals surface area contributed by atoms with Gasteiger partial charge in [0.2, 0.25) is 0 Å². The summed E-state index contributed by atoms with van der Waals surface area (Å²) in [5.74, 6) is 0.979. The highest BCUT2D eigenvalue weighted by molar-refractivity contribution is 6.30. The van der Waals surface area contributed by atoms with Gasteiger partial charge in [0.1, 0.15) is 11.9 Å². The summed E-state index contributed by atoms with van der Waals surface area (Å²) in [4.78, 5) is 4.49. The van der Waals surface area contributed by atoms with Crippen LogP contribution in [0.3, 0.4) is 0 Å². The van der Waals surface area contributed by atoms with Gasteiger partial charge in [0, 0.05) is 30.2 Å². The SMILES string of the molecule is CN(C)CCC1CN(C)Cc2cc(Cl)ccc2O1. The first-order valence-corrected chi connectivity index (χ1v) is 6.71. The molecule has 0 N–H and O–H groups in total. The lowest BCUT2D eigenvalue weighted by atomic mass is 10.2. The van der Waals surface area contributed by atoms with E-state index in [2.05, 4.69) is 30.9 Å². The second kappa shape index (κ2) is 5.91. The molecule has 0 spiro atoms. The smallest absolute Gasteiger partial charge is 0.124 e. The molecule has 0 radical (unpaired) electrons. The van der Waals surface area contributed by atoms with Gasteiger partial charge in [-0.3, -0.25) is 4.90 Å². The van der Waals surface area contributed by atoms with E-state index in [0.717, 1.165) is 36.8 Å². The quantitative estimate of drug-likeness (QED) is 0.838. The minimum atomic E-state index is 0.250. The van der Waals surface area contributed by atoms with Crippen molar-refractivity contribution in [1.82, 2.24) is 9.80 Å². The van der Waals surface area contributed by atoms with Gasteiger partial charge in [0.15, 0.2) is 0 Å². The lowest BCUT2D eigenvalue weighted by Crippen LogP contribution is -2.32. The van der Waals surface area contributed by atoms with Gasteiger partial charge < -0.3 is 9.64 Å². The van der Waals surface area contributed by atoms with Crippen LogP contribution in [0.2, 0.25) is 5.02 Å². The Hall–Kier alpha value is -0.770. The van der Waals surface area contributed by atoms with E-state index in [9.17, 15) is 0 Å². The number of likely N-dealkylation sites (N-methyl/N-ethyl adjacent to an activating group) is 1. The van der Waals surface area contributed by atoms with E-state index in [1.165, 1.54) is 5.56 Å². The fourth-order valence-electron chi connectivity index (χ4n) is 2.26. The van der Waals surface area contributed by atoms with Gasteiger partial charge in [-0.05, 0) is 45.8 Å². The highest BCUT2D eigenvalue weighted by Crippen LogP contribution is 2.28. The molecule has 1 aliphatic rings. The molecule has 0 saturated carbocycles. The van der Waals surface area contributed by atoms with Gasteiger partial charge in [-0.25, -0.2) is 0 Å². The number of hydrogen-bond acceptors (Lipinski definition) is 3. The maximum Gasteiger partial charge on any atom is 0.124 e. The van der Waals surface area contributed by atoms with Crippen LogP contribution in [0, 0.1) is 0 Å². The Labute approximate surface area is 114 Å². The minimum absolute atomic E-state index is 0.250. The van der Waals surface area contributed by atoms with Crippen LogP contribution in [0.15, 0.2) is 18.2 Å². The lowest BCUT2D eigenvalue weighted by molar-refractivity contribution is 0.144. The summed E-state index contributed by atoms with van der Waals surface area (Å²) in [6, 6.07) is 5.88. The van der Waals surface area contributed by atoms with Crippen LogP contribution >= 0.6 is 11.6 Å². The van der Waals surface area contributed by atoms with Crippen molar-refractivity contribution in [3.63, 3.8) is 0 Å². The van der Waals surface area contributed by atoms with Gasteiger partial charge in [0.05, 0.1) is 0 Å². The molecule has 0 aromatic heterocycles. The molecule has 1 aliphatic heterocycles. The van der Waals surface area contributed by atoms with E-state index in [-0.39, 0.29) is 6.10 Å². The van der Waals surface area contributed by atoms with Gasteiger partial charge in [-0.15, -0.1) is 0 Å². The molecule has 2 rings (SSSR count).